The van der Waals surface area contributed by atoms with Crippen LogP contribution in [0.5, 0.6) is 0 Å². The van der Waals surface area contributed by atoms with E-state index in [-0.39, 0.29) is 6.54 Å². The van der Waals surface area contributed by atoms with Gasteiger partial charge in [-0.1, -0.05) is 12.8 Å². The average molecular weight is 295 g/mol. The second-order valence-electron chi connectivity index (χ2n) is 5.03. The van der Waals surface area contributed by atoms with E-state index in [9.17, 15) is 24.3 Å². The third kappa shape index (κ3) is 3.59. The molecule has 2 rings (SSSR count). The monoisotopic (exact) mass is 295 g/mol. The Kier molecular flexibility index (Phi) is 4.56. The molecule has 8 heteroatoms. The normalized spacial score (nSPS) is 19.0. The van der Waals surface area contributed by atoms with Crippen molar-refractivity contribution in [3.05, 3.63) is 33.1 Å². The lowest BCUT2D eigenvalue weighted by Gasteiger charge is -2.27. The summed E-state index contributed by atoms with van der Waals surface area (Å²) in [5.41, 5.74) is -1.22. The van der Waals surface area contributed by atoms with E-state index >= 15 is 0 Å². The molecule has 1 aliphatic heterocycles. The van der Waals surface area contributed by atoms with Crippen molar-refractivity contribution in [3.8, 4) is 0 Å². The van der Waals surface area contributed by atoms with Crippen molar-refractivity contribution in [1.29, 1.82) is 0 Å². The first kappa shape index (κ1) is 15.0. The Hall–Kier alpha value is -2.38. The third-order valence-electron chi connectivity index (χ3n) is 3.56. The number of aromatic amines is 1. The molecule has 1 aromatic rings. The highest BCUT2D eigenvalue weighted by atomic mass is 16.4. The molecule has 2 heterocycles. The summed E-state index contributed by atoms with van der Waals surface area (Å²) in [6.07, 6.45) is 4.04. The van der Waals surface area contributed by atoms with E-state index in [1.165, 1.54) is 11.1 Å². The van der Waals surface area contributed by atoms with Crippen LogP contribution in [0.15, 0.2) is 21.9 Å². The highest BCUT2D eigenvalue weighted by Gasteiger charge is 2.30. The summed E-state index contributed by atoms with van der Waals surface area (Å²) < 4.78 is 1.06. The van der Waals surface area contributed by atoms with Crippen molar-refractivity contribution in [1.82, 2.24) is 14.5 Å². The van der Waals surface area contributed by atoms with Crippen LogP contribution in [0.3, 0.4) is 0 Å². The van der Waals surface area contributed by atoms with Crippen molar-refractivity contribution in [2.75, 3.05) is 6.54 Å². The van der Waals surface area contributed by atoms with E-state index in [0.29, 0.717) is 13.0 Å². The van der Waals surface area contributed by atoms with Crippen molar-refractivity contribution in [2.45, 2.75) is 38.3 Å². The van der Waals surface area contributed by atoms with E-state index < -0.39 is 29.2 Å². The van der Waals surface area contributed by atoms with Crippen LogP contribution in [0.1, 0.15) is 25.7 Å². The lowest BCUT2D eigenvalue weighted by molar-refractivity contribution is -0.150. The predicted octanol–water partition coefficient (Wildman–Crippen LogP) is -0.608. The number of nitrogens with zero attached hydrogens (tertiary/aromatic N) is 2. The van der Waals surface area contributed by atoms with Crippen molar-refractivity contribution >= 4 is 11.9 Å². The number of rotatable bonds is 3. The molecule has 0 spiro atoms. The SMILES string of the molecule is O=C(O)C1CCCCCN1C(=O)Cn1ccc(=O)[nH]c1=O. The standard InChI is InChI=1S/C13H17N3O5/c17-10-5-7-15(13(21)14-10)8-11(18)16-6-3-1-2-4-9(16)12(19)20/h5,7,9H,1-4,6,8H2,(H,19,20)(H,14,17,21). The number of hydrogen-bond donors (Lipinski definition) is 2. The predicted molar refractivity (Wildman–Crippen MR) is 72.9 cm³/mol. The fourth-order valence-corrected chi connectivity index (χ4v) is 2.47. The van der Waals surface area contributed by atoms with Crippen LogP contribution in [0.4, 0.5) is 0 Å². The topological polar surface area (TPSA) is 112 Å². The van der Waals surface area contributed by atoms with Gasteiger partial charge in [-0.3, -0.25) is 19.1 Å². The highest BCUT2D eigenvalue weighted by Crippen LogP contribution is 2.17. The van der Waals surface area contributed by atoms with E-state index in [4.69, 9.17) is 0 Å². The smallest absolute Gasteiger partial charge is 0.328 e. The molecule has 0 aromatic carbocycles. The molecular formula is C13H17N3O5. The van der Waals surface area contributed by atoms with Gasteiger partial charge in [0.05, 0.1) is 0 Å². The molecule has 0 saturated carbocycles. The van der Waals surface area contributed by atoms with Gasteiger partial charge >= 0.3 is 11.7 Å². The first-order chi connectivity index (χ1) is 9.99. The Morgan fingerprint density at radius 3 is 2.71 bits per heavy atom. The van der Waals surface area contributed by atoms with Gasteiger partial charge in [0, 0.05) is 18.8 Å². The van der Waals surface area contributed by atoms with Crippen LogP contribution in [0.25, 0.3) is 0 Å². The molecule has 0 radical (unpaired) electrons. The Bertz CT molecular complexity index is 648. The van der Waals surface area contributed by atoms with Gasteiger partial charge in [-0.2, -0.15) is 0 Å². The molecule has 114 valence electrons. The largest absolute Gasteiger partial charge is 0.480 e. The van der Waals surface area contributed by atoms with E-state index in [1.54, 1.807) is 0 Å². The minimum Gasteiger partial charge on any atom is -0.480 e. The molecule has 0 aliphatic carbocycles. The van der Waals surface area contributed by atoms with Crippen LogP contribution in [-0.2, 0) is 16.1 Å². The van der Waals surface area contributed by atoms with E-state index in [0.717, 1.165) is 29.9 Å². The zero-order valence-corrected chi connectivity index (χ0v) is 11.4. The molecule has 8 nitrogen and oxygen atoms in total. The van der Waals surface area contributed by atoms with Gasteiger partial charge < -0.3 is 10.0 Å². The van der Waals surface area contributed by atoms with Crippen molar-refractivity contribution in [3.63, 3.8) is 0 Å². The number of carboxylic acids is 1. The summed E-state index contributed by atoms with van der Waals surface area (Å²) in [4.78, 5) is 49.5. The first-order valence-electron chi connectivity index (χ1n) is 6.81. The Morgan fingerprint density at radius 2 is 2.05 bits per heavy atom. The summed E-state index contributed by atoms with van der Waals surface area (Å²) in [5.74, 6) is -1.46. The number of amides is 1. The molecule has 1 saturated heterocycles. The zero-order valence-electron chi connectivity index (χ0n) is 11.4. The van der Waals surface area contributed by atoms with Crippen molar-refractivity contribution < 1.29 is 14.7 Å². The number of nitrogens with one attached hydrogen (secondary N) is 1. The number of H-pyrrole nitrogens is 1. The number of aliphatic carboxylic acids is 1. The maximum absolute atomic E-state index is 12.3. The molecule has 2 N–H and O–H groups in total. The lowest BCUT2D eigenvalue weighted by atomic mass is 10.1. The average Bonchev–Trinajstić information content (AvgIpc) is 2.67. The quantitative estimate of drug-likeness (QED) is 0.772. The highest BCUT2D eigenvalue weighted by molar-refractivity contribution is 5.83. The number of carbonyl (C=O) groups is 2. The number of carbonyl (C=O) groups excluding carboxylic acids is 1. The van der Waals surface area contributed by atoms with Crippen molar-refractivity contribution in [2.24, 2.45) is 0 Å². The minimum atomic E-state index is -1.03. The fraction of sp³-hybridized carbons (Fsp3) is 0.538. The molecule has 0 bridgehead atoms. The molecule has 1 aliphatic rings. The van der Waals surface area contributed by atoms with Crippen LogP contribution < -0.4 is 11.2 Å². The maximum Gasteiger partial charge on any atom is 0.328 e. The third-order valence-corrected chi connectivity index (χ3v) is 3.56. The van der Waals surface area contributed by atoms with Gasteiger partial charge in [0.15, 0.2) is 0 Å². The van der Waals surface area contributed by atoms with Gasteiger partial charge in [-0.15, -0.1) is 0 Å². The summed E-state index contributed by atoms with van der Waals surface area (Å²) >= 11 is 0. The first-order valence-corrected chi connectivity index (χ1v) is 6.81. The Morgan fingerprint density at radius 1 is 1.29 bits per heavy atom. The number of aromatic nitrogens is 2. The molecular weight excluding hydrogens is 278 g/mol. The molecule has 1 aromatic heterocycles. The summed E-state index contributed by atoms with van der Waals surface area (Å²) in [6, 6.07) is 0.296. The van der Waals surface area contributed by atoms with Crippen LogP contribution in [-0.4, -0.2) is 44.0 Å². The summed E-state index contributed by atoms with van der Waals surface area (Å²) in [5, 5.41) is 9.23. The fourth-order valence-electron chi connectivity index (χ4n) is 2.47. The lowest BCUT2D eigenvalue weighted by Crippen LogP contribution is -2.47. The van der Waals surface area contributed by atoms with Gasteiger partial charge in [-0.25, -0.2) is 9.59 Å². The molecule has 1 atom stereocenters. The van der Waals surface area contributed by atoms with Gasteiger partial charge in [0.25, 0.3) is 5.56 Å². The Balaban J connectivity index is 2.18. The maximum atomic E-state index is 12.3. The van der Waals surface area contributed by atoms with E-state index in [2.05, 4.69) is 4.98 Å². The number of hydrogen-bond acceptors (Lipinski definition) is 4. The van der Waals surface area contributed by atoms with Gasteiger partial charge in [-0.05, 0) is 12.8 Å². The Labute approximate surface area is 120 Å². The van der Waals surface area contributed by atoms with E-state index in [1.807, 2.05) is 0 Å². The summed E-state index contributed by atoms with van der Waals surface area (Å²) in [7, 11) is 0. The van der Waals surface area contributed by atoms with Gasteiger partial charge in [0.1, 0.15) is 12.6 Å². The second-order valence-corrected chi connectivity index (χ2v) is 5.03. The van der Waals surface area contributed by atoms with Crippen LogP contribution in [0, 0.1) is 0 Å². The molecule has 1 unspecified atom stereocenters. The van der Waals surface area contributed by atoms with Crippen LogP contribution in [0.2, 0.25) is 0 Å². The number of likely N-dealkylation sites (tertiary alicyclic amines) is 1. The minimum absolute atomic E-state index is 0.278. The van der Waals surface area contributed by atoms with Crippen LogP contribution >= 0.6 is 0 Å². The second kappa shape index (κ2) is 6.38. The molecule has 1 amide bonds. The molecule has 1 fully saturated rings. The summed E-state index contributed by atoms with van der Waals surface area (Å²) in [6.45, 7) is 0.0906. The number of carboxylic acid groups (broad SMARTS) is 1. The zero-order chi connectivity index (χ0) is 15.4. The van der Waals surface area contributed by atoms with Gasteiger partial charge in [0.2, 0.25) is 5.91 Å². The molecule has 21 heavy (non-hydrogen) atoms.